The van der Waals surface area contributed by atoms with Gasteiger partial charge in [-0.15, -0.1) is 11.5 Å². The summed E-state index contributed by atoms with van der Waals surface area (Å²) in [6.07, 6.45) is 1.82. The van der Waals surface area contributed by atoms with E-state index < -0.39 is 0 Å². The molecule has 5 heteroatoms. The van der Waals surface area contributed by atoms with Gasteiger partial charge in [-0.1, -0.05) is 18.2 Å². The van der Waals surface area contributed by atoms with E-state index in [9.17, 15) is 4.91 Å². The largest absolute Gasteiger partial charge is 0.399 e. The first-order chi connectivity index (χ1) is 7.74. The van der Waals surface area contributed by atoms with Gasteiger partial charge in [0.15, 0.2) is 5.34 Å². The summed E-state index contributed by atoms with van der Waals surface area (Å²) in [6.45, 7) is 4.59. The van der Waals surface area contributed by atoms with Crippen molar-refractivity contribution in [3.63, 3.8) is 0 Å². The van der Waals surface area contributed by atoms with Crippen LogP contribution in [0.1, 0.15) is 5.56 Å². The van der Waals surface area contributed by atoms with Gasteiger partial charge in [-0.3, -0.25) is 0 Å². The van der Waals surface area contributed by atoms with Crippen molar-refractivity contribution >= 4 is 5.69 Å². The maximum absolute atomic E-state index is 9.55. The summed E-state index contributed by atoms with van der Waals surface area (Å²) in [5.74, 6) is 0. The van der Waals surface area contributed by atoms with Gasteiger partial charge in [-0.25, -0.2) is 0 Å². The molecule has 16 heavy (non-hydrogen) atoms. The van der Waals surface area contributed by atoms with Crippen molar-refractivity contribution in [2.75, 3.05) is 19.3 Å². The Kier molecular flexibility index (Phi) is 8.53. The molecule has 0 aliphatic carbocycles. The molecule has 0 spiro atoms. The van der Waals surface area contributed by atoms with Gasteiger partial charge < -0.3 is 15.9 Å². The Balaban J connectivity index is 0.000000385. The number of rotatable bonds is 5. The Labute approximate surface area is 95.2 Å². The third-order valence-electron chi connectivity index (χ3n) is 1.61. The fourth-order valence-electron chi connectivity index (χ4n) is 0.859. The molecule has 1 aromatic carbocycles. The molecule has 0 saturated heterocycles. The second-order valence-corrected chi connectivity index (χ2v) is 2.94. The standard InChI is InChI=1S/C7H8N2O2.C4H9N/c8-7-3-1-6(2-4-7)5-11-9-10;1-3-4-5-2/h1-4H,5,8H2;3,5H,1,4H2,2H3. The fraction of sp³-hybridized carbons (Fsp3) is 0.273. The molecular weight excluding hydrogens is 206 g/mol. The highest BCUT2D eigenvalue weighted by Crippen LogP contribution is 2.06. The van der Waals surface area contributed by atoms with Gasteiger partial charge in [0.25, 0.3) is 0 Å². The highest BCUT2D eigenvalue weighted by atomic mass is 16.7. The molecule has 0 radical (unpaired) electrons. The molecule has 5 nitrogen and oxygen atoms in total. The molecule has 0 aromatic heterocycles. The number of nitrogen functional groups attached to an aromatic ring is 1. The van der Waals surface area contributed by atoms with Crippen LogP contribution in [0, 0.1) is 4.91 Å². The molecular formula is C11H17N3O2. The van der Waals surface area contributed by atoms with E-state index in [4.69, 9.17) is 5.73 Å². The first-order valence-corrected chi connectivity index (χ1v) is 4.79. The third kappa shape index (κ3) is 7.52. The minimum Gasteiger partial charge on any atom is -0.399 e. The van der Waals surface area contributed by atoms with Gasteiger partial charge in [-0.2, -0.15) is 0 Å². The molecule has 0 unspecified atom stereocenters. The number of nitrogens with two attached hydrogens (primary N) is 1. The van der Waals surface area contributed by atoms with E-state index in [0.29, 0.717) is 5.69 Å². The van der Waals surface area contributed by atoms with Crippen LogP contribution in [0.15, 0.2) is 42.3 Å². The summed E-state index contributed by atoms with van der Waals surface area (Å²) in [7, 11) is 1.89. The third-order valence-corrected chi connectivity index (χ3v) is 1.61. The number of nitrogens with zero attached hydrogens (tertiary/aromatic N) is 1. The van der Waals surface area contributed by atoms with Crippen molar-refractivity contribution in [3.05, 3.63) is 47.4 Å². The lowest BCUT2D eigenvalue weighted by Crippen LogP contribution is -2.02. The van der Waals surface area contributed by atoms with Crippen LogP contribution in [0.2, 0.25) is 0 Å². The minimum absolute atomic E-state index is 0.198. The van der Waals surface area contributed by atoms with Crippen LogP contribution in [0.3, 0.4) is 0 Å². The second kappa shape index (κ2) is 9.67. The molecule has 0 aliphatic heterocycles. The number of hydrogen-bond acceptors (Lipinski definition) is 5. The summed E-state index contributed by atoms with van der Waals surface area (Å²) >= 11 is 0. The van der Waals surface area contributed by atoms with E-state index in [0.717, 1.165) is 12.1 Å². The van der Waals surface area contributed by atoms with Crippen LogP contribution in [-0.4, -0.2) is 13.6 Å². The summed E-state index contributed by atoms with van der Waals surface area (Å²) in [6, 6.07) is 7.04. The SMILES string of the molecule is C=CCNC.Nc1ccc(CON=O)cc1. The van der Waals surface area contributed by atoms with Crippen LogP contribution < -0.4 is 11.1 Å². The first kappa shape index (κ1) is 14.1. The zero-order valence-electron chi connectivity index (χ0n) is 9.35. The zero-order chi connectivity index (χ0) is 12.2. The summed E-state index contributed by atoms with van der Waals surface area (Å²) in [4.78, 5) is 13.8. The maximum atomic E-state index is 9.55. The molecule has 0 bridgehead atoms. The van der Waals surface area contributed by atoms with Gasteiger partial charge in [0, 0.05) is 12.2 Å². The summed E-state index contributed by atoms with van der Waals surface area (Å²) in [5, 5.41) is 5.17. The average Bonchev–Trinajstić information content (AvgIpc) is 2.30. The Morgan fingerprint density at radius 2 is 2.12 bits per heavy atom. The highest BCUT2D eigenvalue weighted by Gasteiger charge is 1.91. The lowest BCUT2D eigenvalue weighted by atomic mass is 10.2. The van der Waals surface area contributed by atoms with Crippen LogP contribution >= 0.6 is 0 Å². The van der Waals surface area contributed by atoms with Crippen LogP contribution in [0.25, 0.3) is 0 Å². The van der Waals surface area contributed by atoms with Crippen molar-refractivity contribution in [3.8, 4) is 0 Å². The predicted molar refractivity (Wildman–Crippen MR) is 65.6 cm³/mol. The Hall–Kier alpha value is -1.88. The average molecular weight is 223 g/mol. The number of hydrogen-bond donors (Lipinski definition) is 2. The Bertz CT molecular complexity index is 299. The molecule has 0 saturated carbocycles. The molecule has 1 rings (SSSR count). The lowest BCUT2D eigenvalue weighted by molar-refractivity contribution is 0.126. The molecule has 3 N–H and O–H groups in total. The van der Waals surface area contributed by atoms with Crippen LogP contribution in [0.4, 0.5) is 5.69 Å². The highest BCUT2D eigenvalue weighted by molar-refractivity contribution is 5.38. The van der Waals surface area contributed by atoms with E-state index in [1.54, 1.807) is 24.3 Å². The van der Waals surface area contributed by atoms with Crippen LogP contribution in [0.5, 0.6) is 0 Å². The smallest absolute Gasteiger partial charge is 0.155 e. The van der Waals surface area contributed by atoms with Crippen molar-refractivity contribution < 1.29 is 4.84 Å². The van der Waals surface area contributed by atoms with E-state index in [1.807, 2.05) is 13.1 Å². The monoisotopic (exact) mass is 223 g/mol. The molecule has 0 aliphatic rings. The Morgan fingerprint density at radius 3 is 2.50 bits per heavy atom. The molecule has 1 aromatic rings. The summed E-state index contributed by atoms with van der Waals surface area (Å²) < 4.78 is 0. The molecule has 0 amide bonds. The second-order valence-electron chi connectivity index (χ2n) is 2.94. The predicted octanol–water partition coefficient (Wildman–Crippen LogP) is 1.86. The quantitative estimate of drug-likeness (QED) is 0.346. The minimum atomic E-state index is 0.198. The van der Waals surface area contributed by atoms with Crippen molar-refractivity contribution in [1.29, 1.82) is 0 Å². The van der Waals surface area contributed by atoms with E-state index in [-0.39, 0.29) is 6.61 Å². The lowest BCUT2D eigenvalue weighted by Gasteiger charge is -1.96. The summed E-state index contributed by atoms with van der Waals surface area (Å²) in [5.41, 5.74) is 6.99. The number of likely N-dealkylation sites (N-methyl/N-ethyl adjacent to an activating group) is 1. The molecule has 88 valence electrons. The van der Waals surface area contributed by atoms with E-state index in [2.05, 4.69) is 22.1 Å². The molecule has 0 atom stereocenters. The zero-order valence-corrected chi connectivity index (χ0v) is 9.35. The number of anilines is 1. The van der Waals surface area contributed by atoms with Crippen LogP contribution in [-0.2, 0) is 11.4 Å². The van der Waals surface area contributed by atoms with Gasteiger partial charge >= 0.3 is 0 Å². The van der Waals surface area contributed by atoms with Crippen molar-refractivity contribution in [1.82, 2.24) is 5.32 Å². The van der Waals surface area contributed by atoms with E-state index >= 15 is 0 Å². The van der Waals surface area contributed by atoms with Gasteiger partial charge in [-0.05, 0) is 24.7 Å². The van der Waals surface area contributed by atoms with Crippen molar-refractivity contribution in [2.45, 2.75) is 6.61 Å². The number of benzene rings is 1. The maximum Gasteiger partial charge on any atom is 0.155 e. The first-order valence-electron chi connectivity index (χ1n) is 4.79. The molecule has 0 fully saturated rings. The molecule has 0 heterocycles. The van der Waals surface area contributed by atoms with Gasteiger partial charge in [0.1, 0.15) is 6.61 Å². The van der Waals surface area contributed by atoms with Gasteiger partial charge in [0.05, 0.1) is 0 Å². The fourth-order valence-corrected chi connectivity index (χ4v) is 0.859. The normalized spacial score (nSPS) is 8.56. The van der Waals surface area contributed by atoms with E-state index in [1.165, 1.54) is 0 Å². The number of nitrogens with one attached hydrogen (secondary N) is 1. The van der Waals surface area contributed by atoms with Gasteiger partial charge in [0.2, 0.25) is 0 Å². The Morgan fingerprint density at radius 1 is 1.50 bits per heavy atom. The van der Waals surface area contributed by atoms with Crippen molar-refractivity contribution in [2.24, 2.45) is 5.34 Å². The topological polar surface area (TPSA) is 76.7 Å².